The van der Waals surface area contributed by atoms with Gasteiger partial charge in [-0.05, 0) is 0 Å². The van der Waals surface area contributed by atoms with Gasteiger partial charge in [0.2, 0.25) is 0 Å². The van der Waals surface area contributed by atoms with Gasteiger partial charge in [-0.2, -0.15) is 0 Å². The second-order valence-electron chi connectivity index (χ2n) is 3.13. The Balaban J connectivity index is 4.39. The molecule has 62 valence electrons. The van der Waals surface area contributed by atoms with Crippen molar-refractivity contribution in [1.82, 2.24) is 2.89 Å². The van der Waals surface area contributed by atoms with E-state index in [2.05, 4.69) is 11.8 Å². The van der Waals surface area contributed by atoms with Gasteiger partial charge in [-0.25, -0.2) is 0 Å². The third-order valence-electron chi connectivity index (χ3n) is 1.32. The fourth-order valence-electron chi connectivity index (χ4n) is 0.349. The predicted octanol–water partition coefficient (Wildman–Crippen LogP) is 2.92. The number of hydrogen-bond acceptors (Lipinski definition) is 1. The van der Waals surface area contributed by atoms with Gasteiger partial charge in [-0.1, -0.05) is 0 Å². The maximum atomic E-state index is 12.5. The molecule has 0 radical (unpaired) electrons. The Labute approximate surface area is 70.3 Å². The fourth-order valence-corrected chi connectivity index (χ4v) is 12.0. The van der Waals surface area contributed by atoms with Crippen molar-refractivity contribution in [3.05, 3.63) is 0 Å². The molecule has 0 fully saturated rings. The van der Waals surface area contributed by atoms with Gasteiger partial charge in [0.1, 0.15) is 0 Å². The van der Waals surface area contributed by atoms with Crippen LogP contribution in [0.1, 0.15) is 0 Å². The molecule has 0 rings (SSSR count). The summed E-state index contributed by atoms with van der Waals surface area (Å²) in [5.74, 6) is 0. The number of nitrogens with zero attached hydrogens (tertiary/aromatic N) is 1. The van der Waals surface area contributed by atoms with E-state index in [1.807, 2.05) is 14.8 Å². The van der Waals surface area contributed by atoms with Crippen LogP contribution in [0.3, 0.4) is 0 Å². The summed E-state index contributed by atoms with van der Waals surface area (Å²) in [6.07, 6.45) is 0. The fraction of sp³-hybridized carbons (Fsp3) is 1.00. The molecule has 0 aromatic heterocycles. The van der Waals surface area contributed by atoms with Gasteiger partial charge in [0.25, 0.3) is 0 Å². The van der Waals surface area contributed by atoms with Crippen LogP contribution in [0, 0.1) is 0 Å². The quantitative estimate of drug-likeness (QED) is 0.569. The molecule has 6 heteroatoms. The summed E-state index contributed by atoms with van der Waals surface area (Å²) in [6, 6.07) is 0. The zero-order valence-corrected chi connectivity index (χ0v) is 11.1. The second kappa shape index (κ2) is 3.33. The van der Waals surface area contributed by atoms with Crippen LogP contribution in [0.2, 0.25) is 14.8 Å². The van der Waals surface area contributed by atoms with Gasteiger partial charge < -0.3 is 0 Å². The van der Waals surface area contributed by atoms with Crippen molar-refractivity contribution in [3.8, 4) is 0 Å². The molecule has 0 spiro atoms. The molecule has 1 nitrogen and oxygen atoms in total. The Bertz CT molecular complexity index is 163. The Hall–Kier alpha value is 1.27. The van der Waals surface area contributed by atoms with E-state index in [4.69, 9.17) is 0 Å². The van der Waals surface area contributed by atoms with E-state index in [0.29, 0.717) is 0 Å². The molecule has 0 aliphatic heterocycles. The van der Waals surface area contributed by atoms with Crippen molar-refractivity contribution in [2.24, 2.45) is 0 Å². The summed E-state index contributed by atoms with van der Waals surface area (Å²) in [5.41, 5.74) is 0. The molecule has 0 saturated heterocycles. The molecule has 0 N–H and O–H groups in total. The van der Waals surface area contributed by atoms with Crippen LogP contribution in [0.5, 0.6) is 0 Å². The van der Waals surface area contributed by atoms with Crippen molar-refractivity contribution < 1.29 is 8.39 Å². The van der Waals surface area contributed by atoms with Gasteiger partial charge in [0, 0.05) is 0 Å². The van der Waals surface area contributed by atoms with Crippen LogP contribution in [0.25, 0.3) is 0 Å². The number of halogens is 2. The molecule has 0 saturated carbocycles. The Morgan fingerprint density at radius 3 is 1.60 bits per heavy atom. The predicted molar refractivity (Wildman–Crippen MR) is 47.6 cm³/mol. The summed E-state index contributed by atoms with van der Waals surface area (Å²) < 4.78 is 26.2. The first-order chi connectivity index (χ1) is 4.15. The first kappa shape index (κ1) is 11.3. The first-order valence-electron chi connectivity index (χ1n) is 2.89. The molecule has 0 unspecified atom stereocenters. The molecular formula is C4H12F2NPSSn. The van der Waals surface area contributed by atoms with E-state index in [1.165, 1.54) is 9.94 Å². The summed E-state index contributed by atoms with van der Waals surface area (Å²) >= 11 is 1.56. The third-order valence-corrected chi connectivity index (χ3v) is 15.7. The molecule has 0 aromatic carbocycles. The summed E-state index contributed by atoms with van der Waals surface area (Å²) in [5, 5.41) is 0. The topological polar surface area (TPSA) is 3.24 Å². The second-order valence-corrected chi connectivity index (χ2v) is 21.3. The molecule has 0 aromatic rings. The zero-order chi connectivity index (χ0) is 8.58. The van der Waals surface area contributed by atoms with Crippen LogP contribution in [0.4, 0.5) is 8.39 Å². The van der Waals surface area contributed by atoms with Gasteiger partial charge in [0.15, 0.2) is 0 Å². The Morgan fingerprint density at radius 2 is 1.60 bits per heavy atom. The normalized spacial score (nSPS) is 14.3. The molecule has 0 bridgehead atoms. The van der Waals surface area contributed by atoms with E-state index < -0.39 is 25.5 Å². The number of rotatable bonds is 2. The third kappa shape index (κ3) is 3.60. The van der Waals surface area contributed by atoms with Gasteiger partial charge in [-0.15, -0.1) is 0 Å². The SMILES string of the molecule is C[N](P(F)(F)=S)[Sn]([CH3])([CH3])[CH3]. The number of hydrogen-bond donors (Lipinski definition) is 0. The minimum absolute atomic E-state index is 1.18. The average Bonchev–Trinajstić information content (AvgIpc) is 1.59. The summed E-state index contributed by atoms with van der Waals surface area (Å²) in [4.78, 5) is 5.78. The van der Waals surface area contributed by atoms with E-state index >= 15 is 0 Å². The van der Waals surface area contributed by atoms with Gasteiger partial charge >= 0.3 is 70.4 Å². The minimum atomic E-state index is -4.12. The summed E-state index contributed by atoms with van der Waals surface area (Å²) in [7, 11) is 1.46. The van der Waals surface area contributed by atoms with Crippen molar-refractivity contribution in [2.45, 2.75) is 14.8 Å². The Morgan fingerprint density at radius 1 is 1.30 bits per heavy atom. The van der Waals surface area contributed by atoms with Gasteiger partial charge in [0.05, 0.1) is 0 Å². The molecule has 0 aliphatic carbocycles. The van der Waals surface area contributed by atoms with Crippen LogP contribution in [-0.4, -0.2) is 28.6 Å². The zero-order valence-electron chi connectivity index (χ0n) is 6.56. The van der Waals surface area contributed by atoms with Crippen molar-refractivity contribution in [3.63, 3.8) is 0 Å². The van der Waals surface area contributed by atoms with E-state index in [1.54, 1.807) is 0 Å². The average molecular weight is 294 g/mol. The molecule has 10 heavy (non-hydrogen) atoms. The molecule has 0 aliphatic rings. The van der Waals surface area contributed by atoms with Crippen LogP contribution < -0.4 is 0 Å². The van der Waals surface area contributed by atoms with Gasteiger partial charge in [-0.3, -0.25) is 0 Å². The van der Waals surface area contributed by atoms with Crippen LogP contribution in [-0.2, 0) is 11.8 Å². The summed E-state index contributed by atoms with van der Waals surface area (Å²) in [6.45, 7) is -4.12. The standard InChI is InChI=1S/CH3F2NPS.3CH3.Sn/c1-4-5(2,3)6;;;;/h1H3;3*1H3;/q-1;;;;+1. The van der Waals surface area contributed by atoms with Crippen molar-refractivity contribution in [2.75, 3.05) is 7.05 Å². The molecular weight excluding hydrogens is 282 g/mol. The van der Waals surface area contributed by atoms with E-state index in [0.717, 1.165) is 0 Å². The van der Waals surface area contributed by atoms with Crippen LogP contribution >= 0.6 is 6.81 Å². The van der Waals surface area contributed by atoms with E-state index in [-0.39, 0.29) is 0 Å². The van der Waals surface area contributed by atoms with Crippen LogP contribution in [0.15, 0.2) is 0 Å². The first-order valence-corrected chi connectivity index (χ1v) is 15.3. The van der Waals surface area contributed by atoms with Crippen molar-refractivity contribution in [1.29, 1.82) is 0 Å². The molecule has 0 heterocycles. The molecule has 0 atom stereocenters. The Kier molecular flexibility index (Phi) is 3.76. The molecule has 0 amide bonds. The van der Waals surface area contributed by atoms with E-state index in [9.17, 15) is 8.39 Å². The maximum absolute atomic E-state index is 12.5. The van der Waals surface area contributed by atoms with Crippen molar-refractivity contribution >= 4 is 37.3 Å². The monoisotopic (exact) mass is 295 g/mol.